The number of nitrogens with one attached hydrogen (secondary N) is 1. The Bertz CT molecular complexity index is 810. The molecule has 7 heteroatoms. The lowest BCUT2D eigenvalue weighted by Gasteiger charge is -2.29. The van der Waals surface area contributed by atoms with Crippen LogP contribution in [0.5, 0.6) is 5.75 Å². The van der Waals surface area contributed by atoms with Crippen molar-refractivity contribution < 1.29 is 14.3 Å². The number of methoxy groups -OCH3 is 1. The van der Waals surface area contributed by atoms with Gasteiger partial charge in [-0.25, -0.2) is 0 Å². The zero-order valence-electron chi connectivity index (χ0n) is 17.1. The highest BCUT2D eigenvalue weighted by Crippen LogP contribution is 2.22. The maximum absolute atomic E-state index is 13.0. The van der Waals surface area contributed by atoms with E-state index in [9.17, 15) is 9.59 Å². The van der Waals surface area contributed by atoms with E-state index in [1.165, 1.54) is 11.8 Å². The van der Waals surface area contributed by atoms with Gasteiger partial charge in [-0.05, 0) is 62.7 Å². The first-order valence-electron chi connectivity index (χ1n) is 9.41. The standard InChI is InChI=1S/C22H27ClN2O3S/c1-15(2)24-22(27)16(3)25(13-17-5-9-19(28-4)10-6-17)21(26)14-29-20-11-7-18(23)8-12-20/h5-12,15-16H,13-14H2,1-4H3,(H,24,27)/t16-/m1/s1. The van der Waals surface area contributed by atoms with Crippen LogP contribution in [-0.4, -0.2) is 41.7 Å². The lowest BCUT2D eigenvalue weighted by atomic mass is 10.1. The molecule has 0 saturated heterocycles. The fraction of sp³-hybridized carbons (Fsp3) is 0.364. The van der Waals surface area contributed by atoms with Crippen molar-refractivity contribution in [2.24, 2.45) is 0 Å². The van der Waals surface area contributed by atoms with Gasteiger partial charge in [-0.3, -0.25) is 9.59 Å². The van der Waals surface area contributed by atoms with E-state index in [-0.39, 0.29) is 23.6 Å². The quantitative estimate of drug-likeness (QED) is 0.595. The van der Waals surface area contributed by atoms with Gasteiger partial charge in [0, 0.05) is 22.5 Å². The third-order valence-electron chi connectivity index (χ3n) is 4.29. The number of carbonyl (C=O) groups excluding carboxylic acids is 2. The average Bonchev–Trinajstić information content (AvgIpc) is 2.70. The molecule has 2 aromatic carbocycles. The lowest BCUT2D eigenvalue weighted by Crippen LogP contribution is -2.49. The van der Waals surface area contributed by atoms with Crippen LogP contribution in [0.25, 0.3) is 0 Å². The number of thioether (sulfide) groups is 1. The largest absolute Gasteiger partial charge is 0.497 e. The SMILES string of the molecule is COc1ccc(CN(C(=O)CSc2ccc(Cl)cc2)[C@H](C)C(=O)NC(C)C)cc1. The normalized spacial score (nSPS) is 11.8. The molecule has 0 aliphatic rings. The Kier molecular flexibility index (Phi) is 8.86. The second kappa shape index (κ2) is 11.1. The molecule has 0 heterocycles. The van der Waals surface area contributed by atoms with Crippen LogP contribution in [0.15, 0.2) is 53.4 Å². The molecule has 0 bridgehead atoms. The van der Waals surface area contributed by atoms with Crippen molar-refractivity contribution in [3.63, 3.8) is 0 Å². The zero-order valence-corrected chi connectivity index (χ0v) is 18.7. The second-order valence-corrected chi connectivity index (χ2v) is 8.44. The average molecular weight is 435 g/mol. The molecule has 29 heavy (non-hydrogen) atoms. The summed E-state index contributed by atoms with van der Waals surface area (Å²) in [6, 6.07) is 14.3. The summed E-state index contributed by atoms with van der Waals surface area (Å²) in [4.78, 5) is 28.1. The zero-order chi connectivity index (χ0) is 21.4. The molecule has 0 fully saturated rings. The predicted molar refractivity (Wildman–Crippen MR) is 118 cm³/mol. The molecular formula is C22H27ClN2O3S. The van der Waals surface area contributed by atoms with Gasteiger partial charge in [0.2, 0.25) is 11.8 Å². The van der Waals surface area contributed by atoms with Gasteiger partial charge in [0.25, 0.3) is 0 Å². The van der Waals surface area contributed by atoms with E-state index in [0.717, 1.165) is 16.2 Å². The van der Waals surface area contributed by atoms with Gasteiger partial charge in [0.15, 0.2) is 0 Å². The van der Waals surface area contributed by atoms with E-state index in [4.69, 9.17) is 16.3 Å². The summed E-state index contributed by atoms with van der Waals surface area (Å²) < 4.78 is 5.19. The molecule has 0 unspecified atom stereocenters. The monoisotopic (exact) mass is 434 g/mol. The van der Waals surface area contributed by atoms with Crippen molar-refractivity contribution in [2.75, 3.05) is 12.9 Å². The minimum absolute atomic E-state index is 0.00586. The summed E-state index contributed by atoms with van der Waals surface area (Å²) in [5, 5.41) is 3.54. The highest BCUT2D eigenvalue weighted by molar-refractivity contribution is 8.00. The minimum Gasteiger partial charge on any atom is -0.497 e. The molecule has 1 atom stereocenters. The number of benzene rings is 2. The molecule has 5 nitrogen and oxygen atoms in total. The summed E-state index contributed by atoms with van der Waals surface area (Å²) in [6.45, 7) is 5.90. The van der Waals surface area contributed by atoms with E-state index < -0.39 is 6.04 Å². The molecule has 0 spiro atoms. The molecule has 0 aromatic heterocycles. The molecule has 0 aliphatic heterocycles. The highest BCUT2D eigenvalue weighted by Gasteiger charge is 2.26. The molecule has 2 aromatic rings. The fourth-order valence-electron chi connectivity index (χ4n) is 2.67. The number of amides is 2. The van der Waals surface area contributed by atoms with Crippen molar-refractivity contribution >= 4 is 35.2 Å². The van der Waals surface area contributed by atoms with Crippen molar-refractivity contribution in [2.45, 2.75) is 44.3 Å². The molecule has 2 rings (SSSR count). The molecule has 156 valence electrons. The molecule has 2 amide bonds. The summed E-state index contributed by atoms with van der Waals surface area (Å²) in [5.74, 6) is 0.706. The summed E-state index contributed by atoms with van der Waals surface area (Å²) >= 11 is 7.34. The van der Waals surface area contributed by atoms with Gasteiger partial charge >= 0.3 is 0 Å². The molecule has 0 saturated carbocycles. The topological polar surface area (TPSA) is 58.6 Å². The fourth-order valence-corrected chi connectivity index (χ4v) is 3.58. The maximum atomic E-state index is 13.0. The summed E-state index contributed by atoms with van der Waals surface area (Å²) in [6.07, 6.45) is 0. The Morgan fingerprint density at radius 1 is 1.07 bits per heavy atom. The van der Waals surface area contributed by atoms with Crippen LogP contribution in [0, 0.1) is 0 Å². The number of hydrogen-bond donors (Lipinski definition) is 1. The lowest BCUT2D eigenvalue weighted by molar-refractivity contribution is -0.138. The number of nitrogens with zero attached hydrogens (tertiary/aromatic N) is 1. The maximum Gasteiger partial charge on any atom is 0.242 e. The second-order valence-electron chi connectivity index (χ2n) is 6.95. The van der Waals surface area contributed by atoms with Gasteiger partial charge in [-0.1, -0.05) is 23.7 Å². The van der Waals surface area contributed by atoms with Crippen LogP contribution in [0.1, 0.15) is 26.3 Å². The van der Waals surface area contributed by atoms with Crippen LogP contribution < -0.4 is 10.1 Å². The van der Waals surface area contributed by atoms with Gasteiger partial charge in [0.1, 0.15) is 11.8 Å². The Morgan fingerprint density at radius 2 is 1.69 bits per heavy atom. The summed E-state index contributed by atoms with van der Waals surface area (Å²) in [5.41, 5.74) is 0.930. The first kappa shape index (κ1) is 23.1. The van der Waals surface area contributed by atoms with Crippen LogP contribution >= 0.6 is 23.4 Å². The summed E-state index contributed by atoms with van der Waals surface area (Å²) in [7, 11) is 1.61. The highest BCUT2D eigenvalue weighted by atomic mass is 35.5. The molecule has 0 aliphatic carbocycles. The van der Waals surface area contributed by atoms with E-state index in [0.29, 0.717) is 11.6 Å². The third-order valence-corrected chi connectivity index (χ3v) is 5.53. The first-order valence-corrected chi connectivity index (χ1v) is 10.8. The number of carbonyl (C=O) groups is 2. The van der Waals surface area contributed by atoms with Crippen molar-refractivity contribution in [1.82, 2.24) is 10.2 Å². The smallest absolute Gasteiger partial charge is 0.242 e. The van der Waals surface area contributed by atoms with Gasteiger partial charge in [0.05, 0.1) is 12.9 Å². The van der Waals surface area contributed by atoms with Crippen molar-refractivity contribution in [3.8, 4) is 5.75 Å². The van der Waals surface area contributed by atoms with E-state index in [2.05, 4.69) is 5.32 Å². The minimum atomic E-state index is -0.585. The Hall–Kier alpha value is -2.18. The molecule has 0 radical (unpaired) electrons. The van der Waals surface area contributed by atoms with Crippen molar-refractivity contribution in [3.05, 3.63) is 59.1 Å². The third kappa shape index (κ3) is 7.29. The van der Waals surface area contributed by atoms with Gasteiger partial charge < -0.3 is 15.0 Å². The Labute approximate surface area is 181 Å². The van der Waals surface area contributed by atoms with Crippen LogP contribution in [0.3, 0.4) is 0 Å². The van der Waals surface area contributed by atoms with E-state index in [1.54, 1.807) is 31.1 Å². The van der Waals surface area contributed by atoms with E-state index >= 15 is 0 Å². The van der Waals surface area contributed by atoms with Gasteiger partial charge in [-0.2, -0.15) is 0 Å². The Balaban J connectivity index is 2.13. The van der Waals surface area contributed by atoms with Crippen LogP contribution in [-0.2, 0) is 16.1 Å². The first-order chi connectivity index (χ1) is 13.8. The van der Waals surface area contributed by atoms with E-state index in [1.807, 2.05) is 50.2 Å². The molecular weight excluding hydrogens is 408 g/mol. The van der Waals surface area contributed by atoms with Gasteiger partial charge in [-0.15, -0.1) is 11.8 Å². The molecule has 1 N–H and O–H groups in total. The van der Waals surface area contributed by atoms with Crippen LogP contribution in [0.4, 0.5) is 0 Å². The van der Waals surface area contributed by atoms with Crippen molar-refractivity contribution in [1.29, 1.82) is 0 Å². The Morgan fingerprint density at radius 3 is 2.24 bits per heavy atom. The van der Waals surface area contributed by atoms with Crippen LogP contribution in [0.2, 0.25) is 5.02 Å². The number of halogens is 1. The predicted octanol–water partition coefficient (Wildman–Crippen LogP) is 4.38. The number of hydrogen-bond acceptors (Lipinski definition) is 4. The number of rotatable bonds is 9. The number of ether oxygens (including phenoxy) is 1.